The first-order chi connectivity index (χ1) is 20.8. The van der Waals surface area contributed by atoms with Crippen LogP contribution in [0, 0.1) is 23.1 Å². The Labute approximate surface area is 252 Å². The average molecular weight is 589 g/mol. The number of rotatable bonds is 10. The minimum Gasteiger partial charge on any atom is -0.434 e. The molecule has 1 aromatic carbocycles. The van der Waals surface area contributed by atoms with E-state index in [2.05, 4.69) is 43.8 Å². The van der Waals surface area contributed by atoms with E-state index in [1.807, 2.05) is 12.1 Å². The van der Waals surface area contributed by atoms with E-state index in [0.29, 0.717) is 46.8 Å². The summed E-state index contributed by atoms with van der Waals surface area (Å²) < 4.78 is 32.3. The van der Waals surface area contributed by atoms with Crippen molar-refractivity contribution in [3.63, 3.8) is 0 Å². The first kappa shape index (κ1) is 28.6. The van der Waals surface area contributed by atoms with Gasteiger partial charge in [-0.3, -0.25) is 9.88 Å². The summed E-state index contributed by atoms with van der Waals surface area (Å²) in [5.74, 6) is 2.34. The van der Waals surface area contributed by atoms with Crippen molar-refractivity contribution in [1.29, 1.82) is 0 Å². The van der Waals surface area contributed by atoms with Gasteiger partial charge in [-0.25, -0.2) is 9.37 Å². The van der Waals surface area contributed by atoms with Gasteiger partial charge in [-0.1, -0.05) is 19.9 Å². The van der Waals surface area contributed by atoms with Crippen LogP contribution in [-0.2, 0) is 9.47 Å². The van der Waals surface area contributed by atoms with Crippen molar-refractivity contribution >= 4 is 5.82 Å². The standard InChI is InChI=1S/C33H41FN6O3/c1-21(2)29(23-15-33(16-23,41-3)42-4)40-18-32(19-40)11-13-39(17-32)30-31(38-37-20-36-30)43-27-10-9-24(34)14-26(27)25-6-5-12-35-28(25)22-7-8-22/h5-6,9-10,12,14,20-23,29H,7-8,11,13,15-19H2,1-4H3. The number of halogens is 1. The molecular weight excluding hydrogens is 547 g/mol. The van der Waals surface area contributed by atoms with E-state index in [1.54, 1.807) is 26.5 Å². The van der Waals surface area contributed by atoms with E-state index in [0.717, 1.165) is 69.5 Å². The van der Waals surface area contributed by atoms with Crippen LogP contribution in [0.3, 0.4) is 0 Å². The monoisotopic (exact) mass is 588 g/mol. The maximum absolute atomic E-state index is 14.5. The molecule has 0 bridgehead atoms. The molecular formula is C33H41FN6O3. The molecule has 2 aliphatic carbocycles. The molecule has 43 heavy (non-hydrogen) atoms. The predicted molar refractivity (Wildman–Crippen MR) is 160 cm³/mol. The van der Waals surface area contributed by atoms with Gasteiger partial charge < -0.3 is 19.1 Å². The normalized spacial score (nSPS) is 22.0. The van der Waals surface area contributed by atoms with Crippen LogP contribution in [0.25, 0.3) is 11.1 Å². The second kappa shape index (κ2) is 11.1. The third kappa shape index (κ3) is 5.27. The molecule has 0 amide bonds. The Balaban J connectivity index is 1.07. The topological polar surface area (TPSA) is 85.7 Å². The quantitative estimate of drug-likeness (QED) is 0.278. The molecule has 10 heteroatoms. The number of nitrogens with zero attached hydrogens (tertiary/aromatic N) is 6. The van der Waals surface area contributed by atoms with Crippen molar-refractivity contribution in [1.82, 2.24) is 25.1 Å². The van der Waals surface area contributed by atoms with Gasteiger partial charge >= 0.3 is 0 Å². The zero-order valence-corrected chi connectivity index (χ0v) is 25.5. The van der Waals surface area contributed by atoms with E-state index in [1.165, 1.54) is 18.5 Å². The Kier molecular flexibility index (Phi) is 7.34. The fraction of sp³-hybridized carbons (Fsp3) is 0.576. The third-order valence-electron chi connectivity index (χ3n) is 10.1. The second-order valence-electron chi connectivity index (χ2n) is 13.3. The number of methoxy groups -OCH3 is 2. The Bertz CT molecular complexity index is 1460. The van der Waals surface area contributed by atoms with Crippen LogP contribution in [0.15, 0.2) is 42.9 Å². The SMILES string of the molecule is COC1(OC)CC(C(C(C)C)N2CC3(CCN(c4ncnnc4Oc4ccc(F)cc4-c4cccnc4C4CC4)C3)C2)C1. The van der Waals surface area contributed by atoms with Crippen LogP contribution in [0.5, 0.6) is 11.6 Å². The molecule has 4 aliphatic rings. The van der Waals surface area contributed by atoms with Crippen LogP contribution in [0.4, 0.5) is 10.2 Å². The Morgan fingerprint density at radius 3 is 2.51 bits per heavy atom. The summed E-state index contributed by atoms with van der Waals surface area (Å²) in [6, 6.07) is 8.99. The molecule has 1 unspecified atom stereocenters. The Hall–Kier alpha value is -3.21. The van der Waals surface area contributed by atoms with Crippen molar-refractivity contribution in [2.24, 2.45) is 17.3 Å². The first-order valence-corrected chi connectivity index (χ1v) is 15.5. The molecule has 2 aliphatic heterocycles. The average Bonchev–Trinajstić information content (AvgIpc) is 3.73. The molecule has 2 saturated heterocycles. The van der Waals surface area contributed by atoms with E-state index < -0.39 is 5.79 Å². The van der Waals surface area contributed by atoms with Crippen LogP contribution in [0.2, 0.25) is 0 Å². The zero-order valence-electron chi connectivity index (χ0n) is 25.5. The van der Waals surface area contributed by atoms with E-state index in [4.69, 9.17) is 14.2 Å². The predicted octanol–water partition coefficient (Wildman–Crippen LogP) is 5.68. The van der Waals surface area contributed by atoms with Crippen molar-refractivity contribution in [3.05, 3.63) is 54.4 Å². The fourth-order valence-corrected chi connectivity index (χ4v) is 7.84. The smallest absolute Gasteiger partial charge is 0.282 e. The highest BCUT2D eigenvalue weighted by atomic mass is 19.1. The maximum atomic E-state index is 14.5. The molecule has 9 nitrogen and oxygen atoms in total. The molecule has 7 rings (SSSR count). The van der Waals surface area contributed by atoms with Crippen LogP contribution in [-0.4, -0.2) is 77.3 Å². The van der Waals surface area contributed by atoms with Gasteiger partial charge in [-0.2, -0.15) is 0 Å². The Morgan fingerprint density at radius 2 is 1.79 bits per heavy atom. The number of hydrogen-bond acceptors (Lipinski definition) is 9. The van der Waals surface area contributed by atoms with E-state index in [-0.39, 0.29) is 11.2 Å². The van der Waals surface area contributed by atoms with E-state index in [9.17, 15) is 4.39 Å². The Morgan fingerprint density at radius 1 is 1.00 bits per heavy atom. The van der Waals surface area contributed by atoms with Gasteiger partial charge in [0.25, 0.3) is 5.88 Å². The molecule has 3 aromatic rings. The fourth-order valence-electron chi connectivity index (χ4n) is 7.84. The van der Waals surface area contributed by atoms with Gasteiger partial charge in [0.15, 0.2) is 11.6 Å². The van der Waals surface area contributed by atoms with Crippen LogP contribution >= 0.6 is 0 Å². The summed E-state index contributed by atoms with van der Waals surface area (Å²) in [4.78, 5) is 14.2. The molecule has 4 fully saturated rings. The highest BCUT2D eigenvalue weighted by molar-refractivity contribution is 5.74. The highest BCUT2D eigenvalue weighted by Crippen LogP contribution is 2.51. The van der Waals surface area contributed by atoms with Crippen molar-refractivity contribution in [2.45, 2.75) is 63.7 Å². The molecule has 1 spiro atoms. The number of benzene rings is 1. The summed E-state index contributed by atoms with van der Waals surface area (Å²) in [7, 11) is 3.49. The lowest BCUT2D eigenvalue weighted by molar-refractivity contribution is -0.282. The third-order valence-corrected chi connectivity index (χ3v) is 10.1. The second-order valence-corrected chi connectivity index (χ2v) is 13.3. The molecule has 0 radical (unpaired) electrons. The summed E-state index contributed by atoms with van der Waals surface area (Å²) in [6.45, 7) is 8.55. The maximum Gasteiger partial charge on any atom is 0.282 e. The highest BCUT2D eigenvalue weighted by Gasteiger charge is 2.56. The molecule has 228 valence electrons. The summed E-state index contributed by atoms with van der Waals surface area (Å²) >= 11 is 0. The zero-order chi connectivity index (χ0) is 29.8. The lowest BCUT2D eigenvalue weighted by Crippen LogP contribution is -2.66. The number of hydrogen-bond donors (Lipinski definition) is 0. The number of likely N-dealkylation sites (tertiary alicyclic amines) is 1. The molecule has 2 saturated carbocycles. The summed E-state index contributed by atoms with van der Waals surface area (Å²) in [5, 5.41) is 8.40. The lowest BCUT2D eigenvalue weighted by Gasteiger charge is -2.58. The number of anilines is 1. The summed E-state index contributed by atoms with van der Waals surface area (Å²) in [6.07, 6.45) is 8.44. The minimum atomic E-state index is -0.415. The van der Waals surface area contributed by atoms with Crippen molar-refractivity contribution in [3.8, 4) is 22.8 Å². The lowest BCUT2D eigenvalue weighted by atomic mass is 9.67. The largest absolute Gasteiger partial charge is 0.434 e. The number of pyridine rings is 1. The molecule has 0 N–H and O–H groups in total. The molecule has 1 atom stereocenters. The van der Waals surface area contributed by atoms with Crippen LogP contribution in [0.1, 0.15) is 57.6 Å². The van der Waals surface area contributed by atoms with Gasteiger partial charge in [-0.15, -0.1) is 10.2 Å². The van der Waals surface area contributed by atoms with Crippen LogP contribution < -0.4 is 9.64 Å². The minimum absolute atomic E-state index is 0.217. The molecule has 4 heterocycles. The van der Waals surface area contributed by atoms with Crippen molar-refractivity contribution < 1.29 is 18.6 Å². The summed E-state index contributed by atoms with van der Waals surface area (Å²) in [5.41, 5.74) is 2.77. The van der Waals surface area contributed by atoms with Gasteiger partial charge in [0.2, 0.25) is 0 Å². The number of aromatic nitrogens is 4. The van der Waals surface area contributed by atoms with E-state index >= 15 is 0 Å². The number of ether oxygens (including phenoxy) is 3. The van der Waals surface area contributed by atoms with Gasteiger partial charge in [-0.05, 0) is 55.4 Å². The first-order valence-electron chi connectivity index (χ1n) is 15.5. The van der Waals surface area contributed by atoms with Gasteiger partial charge in [0.1, 0.15) is 17.9 Å². The van der Waals surface area contributed by atoms with Gasteiger partial charge in [0, 0.05) is 87.9 Å². The van der Waals surface area contributed by atoms with Crippen molar-refractivity contribution in [2.75, 3.05) is 45.3 Å². The van der Waals surface area contributed by atoms with Gasteiger partial charge in [0.05, 0.1) is 5.69 Å². The molecule has 2 aromatic heterocycles.